The van der Waals surface area contributed by atoms with Gasteiger partial charge in [0.05, 0.1) is 0 Å². The smallest absolute Gasteiger partial charge is 0.0654 e. The van der Waals surface area contributed by atoms with Gasteiger partial charge in [0.1, 0.15) is 0 Å². The summed E-state index contributed by atoms with van der Waals surface area (Å²) >= 11 is -2.62. The fourth-order valence-electron chi connectivity index (χ4n) is 3.73. The van der Waals surface area contributed by atoms with Gasteiger partial charge in [0.2, 0.25) is 0 Å². The molecule has 33 heavy (non-hydrogen) atoms. The van der Waals surface area contributed by atoms with Gasteiger partial charge < -0.3 is 0 Å². The molecule has 9 heteroatoms. The van der Waals surface area contributed by atoms with Gasteiger partial charge >= 0.3 is 194 Å². The molecule has 0 unspecified atom stereocenters. The SMILES string of the molecule is CCCCCCCCCCCCS(=O)(=O)[O][Pb][O]S(=O)(=O)CCCCCCCCCCCC. The maximum absolute atomic E-state index is 11.9. The number of hydrogen-bond donors (Lipinski definition) is 0. The van der Waals surface area contributed by atoms with Crippen molar-refractivity contribution < 1.29 is 21.1 Å². The van der Waals surface area contributed by atoms with E-state index >= 15 is 0 Å². The number of unbranched alkanes of at least 4 members (excludes halogenated alkanes) is 18. The Labute approximate surface area is 219 Å². The van der Waals surface area contributed by atoms with Crippen molar-refractivity contribution in [1.29, 1.82) is 0 Å². The first kappa shape index (κ1) is 33.7. The van der Waals surface area contributed by atoms with Crippen LogP contribution in [0.3, 0.4) is 0 Å². The second-order valence-corrected chi connectivity index (χ2v) is 17.1. The van der Waals surface area contributed by atoms with Crippen LogP contribution in [0, 0.1) is 0 Å². The fraction of sp³-hybridized carbons (Fsp3) is 1.00. The van der Waals surface area contributed by atoms with E-state index in [1.807, 2.05) is 0 Å². The molecule has 0 bridgehead atoms. The van der Waals surface area contributed by atoms with Crippen molar-refractivity contribution in [3.05, 3.63) is 0 Å². The van der Waals surface area contributed by atoms with Crippen LogP contribution in [0.15, 0.2) is 0 Å². The number of hydrogen-bond acceptors (Lipinski definition) is 6. The molecule has 0 aliphatic rings. The summed E-state index contributed by atoms with van der Waals surface area (Å²) in [6.07, 6.45) is 22.5. The topological polar surface area (TPSA) is 86.7 Å². The Morgan fingerprint density at radius 3 is 0.939 bits per heavy atom. The van der Waals surface area contributed by atoms with Gasteiger partial charge in [-0.25, -0.2) is 0 Å². The summed E-state index contributed by atoms with van der Waals surface area (Å²) in [5, 5.41) is 0. The average Bonchev–Trinajstić information content (AvgIpc) is 2.76. The van der Waals surface area contributed by atoms with Gasteiger partial charge in [0, 0.05) is 0 Å². The van der Waals surface area contributed by atoms with E-state index in [4.69, 9.17) is 4.27 Å². The molecule has 0 fully saturated rings. The molecule has 0 N–H and O–H groups in total. The molecule has 0 spiro atoms. The normalized spacial score (nSPS) is 12.4. The van der Waals surface area contributed by atoms with E-state index in [0.29, 0.717) is 12.8 Å². The molecule has 0 saturated heterocycles. The molecule has 6 nitrogen and oxygen atoms in total. The zero-order valence-electron chi connectivity index (χ0n) is 21.3. The predicted molar refractivity (Wildman–Crippen MR) is 139 cm³/mol. The van der Waals surface area contributed by atoms with E-state index in [1.165, 1.54) is 77.0 Å². The Balaban J connectivity index is 3.64. The summed E-state index contributed by atoms with van der Waals surface area (Å²) in [5.74, 6) is -0.0866. The van der Waals surface area contributed by atoms with Crippen LogP contribution in [0.2, 0.25) is 0 Å². The Morgan fingerprint density at radius 1 is 0.424 bits per heavy atom. The second-order valence-electron chi connectivity index (χ2n) is 9.14. The van der Waals surface area contributed by atoms with Gasteiger partial charge in [-0.1, -0.05) is 26.7 Å². The molecule has 0 aliphatic carbocycles. The third-order valence-electron chi connectivity index (χ3n) is 5.82. The van der Waals surface area contributed by atoms with Gasteiger partial charge in [-0.2, -0.15) is 0 Å². The Hall–Kier alpha value is 0.742. The summed E-state index contributed by atoms with van der Waals surface area (Å²) in [6.45, 7) is 4.43. The van der Waals surface area contributed by atoms with E-state index < -0.39 is 45.4 Å². The van der Waals surface area contributed by atoms with E-state index in [0.717, 1.165) is 38.5 Å². The van der Waals surface area contributed by atoms with Gasteiger partial charge in [-0.05, 0) is 0 Å². The Morgan fingerprint density at radius 2 is 0.667 bits per heavy atom. The second kappa shape index (κ2) is 23.2. The third-order valence-corrected chi connectivity index (χ3v) is 15.5. The van der Waals surface area contributed by atoms with Crippen molar-refractivity contribution in [3.63, 3.8) is 0 Å². The van der Waals surface area contributed by atoms with Crippen molar-refractivity contribution in [2.45, 2.75) is 142 Å². The van der Waals surface area contributed by atoms with Crippen LogP contribution in [-0.2, 0) is 24.5 Å². The summed E-state index contributed by atoms with van der Waals surface area (Å²) in [6, 6.07) is 0. The van der Waals surface area contributed by atoms with E-state index in [2.05, 4.69) is 13.8 Å². The zero-order valence-corrected chi connectivity index (χ0v) is 26.8. The zero-order chi connectivity index (χ0) is 24.7. The van der Waals surface area contributed by atoms with E-state index in [-0.39, 0.29) is 11.5 Å². The Kier molecular flexibility index (Phi) is 23.7. The van der Waals surface area contributed by atoms with Crippen molar-refractivity contribution in [2.24, 2.45) is 0 Å². The Bertz CT molecular complexity index is 569. The van der Waals surface area contributed by atoms with Crippen LogP contribution < -0.4 is 0 Å². The summed E-state index contributed by atoms with van der Waals surface area (Å²) in [4.78, 5) is 0. The molecular weight excluding hydrogens is 656 g/mol. The van der Waals surface area contributed by atoms with Gasteiger partial charge in [0.25, 0.3) is 0 Å². The summed E-state index contributed by atoms with van der Waals surface area (Å²) in [5.41, 5.74) is 0. The molecule has 0 aromatic carbocycles. The molecule has 0 amide bonds. The predicted octanol–water partition coefficient (Wildman–Crippen LogP) is 7.06. The minimum absolute atomic E-state index is 0.0433. The van der Waals surface area contributed by atoms with Crippen molar-refractivity contribution >= 4 is 45.4 Å². The fourth-order valence-corrected chi connectivity index (χ4v) is 10.7. The average molecular weight is 706 g/mol. The van der Waals surface area contributed by atoms with Crippen LogP contribution in [0.4, 0.5) is 0 Å². The standard InChI is InChI=1S/2C12H26O3S.Pb/c2*1-2-3-4-5-6-7-8-9-10-11-12-16(13,14)15;/h2*2-12H2,1H3,(H,13,14,15);/q;;+2/p-2. The molecule has 0 aliphatic heterocycles. The van der Waals surface area contributed by atoms with Crippen LogP contribution in [0.1, 0.15) is 142 Å². The maximum atomic E-state index is 11.9. The molecule has 0 aromatic heterocycles. The van der Waals surface area contributed by atoms with Gasteiger partial charge in [-0.15, -0.1) is 0 Å². The first-order chi connectivity index (χ1) is 15.8. The minimum Gasteiger partial charge on any atom is -0.0654 e. The first-order valence-electron chi connectivity index (χ1n) is 13.4. The van der Waals surface area contributed by atoms with E-state index in [9.17, 15) is 16.8 Å². The summed E-state index contributed by atoms with van der Waals surface area (Å²) < 4.78 is 57.6. The molecule has 0 heterocycles. The monoisotopic (exact) mass is 706 g/mol. The van der Waals surface area contributed by atoms with Crippen LogP contribution in [-0.4, -0.2) is 53.5 Å². The molecule has 0 saturated carbocycles. The van der Waals surface area contributed by atoms with E-state index in [1.54, 1.807) is 0 Å². The molecular formula is C24H50O6PbS2. The first-order valence-corrected chi connectivity index (χ1v) is 19.7. The quantitative estimate of drug-likeness (QED) is 0.0708. The molecule has 0 atom stereocenters. The van der Waals surface area contributed by atoms with Crippen molar-refractivity contribution in [1.82, 2.24) is 0 Å². The van der Waals surface area contributed by atoms with Crippen LogP contribution >= 0.6 is 0 Å². The summed E-state index contributed by atoms with van der Waals surface area (Å²) in [7, 11) is -7.32. The van der Waals surface area contributed by atoms with Crippen molar-refractivity contribution in [3.8, 4) is 0 Å². The number of rotatable bonds is 26. The molecule has 2 radical (unpaired) electrons. The molecule has 0 aromatic rings. The van der Waals surface area contributed by atoms with Crippen LogP contribution in [0.5, 0.6) is 0 Å². The third kappa shape index (κ3) is 25.6. The minimum atomic E-state index is -3.66. The van der Waals surface area contributed by atoms with Crippen LogP contribution in [0.25, 0.3) is 0 Å². The molecule has 0 rings (SSSR count). The molecule has 198 valence electrons. The van der Waals surface area contributed by atoms with Gasteiger partial charge in [-0.3, -0.25) is 0 Å². The van der Waals surface area contributed by atoms with Gasteiger partial charge in [0.15, 0.2) is 0 Å². The van der Waals surface area contributed by atoms with Crippen molar-refractivity contribution in [2.75, 3.05) is 11.5 Å².